The van der Waals surface area contributed by atoms with E-state index in [1.54, 1.807) is 0 Å². The first kappa shape index (κ1) is 19.9. The van der Waals surface area contributed by atoms with E-state index in [0.717, 1.165) is 29.2 Å². The Morgan fingerprint density at radius 2 is 1.70 bits per heavy atom. The van der Waals surface area contributed by atoms with E-state index in [4.69, 9.17) is 0 Å². The molecule has 0 atom stereocenters. The number of hydrogen-bond acceptors (Lipinski definition) is 4. The van der Waals surface area contributed by atoms with Crippen LogP contribution in [-0.4, -0.2) is 35.2 Å². The number of nitro benzene ring substituents is 1. The van der Waals surface area contributed by atoms with Gasteiger partial charge in [-0.3, -0.25) is 19.7 Å². The van der Waals surface area contributed by atoms with Crippen molar-refractivity contribution in [3.05, 3.63) is 69.8 Å². The van der Waals surface area contributed by atoms with Crippen molar-refractivity contribution in [2.24, 2.45) is 0 Å². The van der Waals surface area contributed by atoms with Crippen LogP contribution >= 0.6 is 0 Å². The highest BCUT2D eigenvalue weighted by Gasteiger charge is 2.33. The third-order valence-corrected chi connectivity index (χ3v) is 3.56. The number of amides is 2. The lowest BCUT2D eigenvalue weighted by Crippen LogP contribution is -2.35. The number of rotatable bonds is 5. The molecule has 0 spiro atoms. The second-order valence-corrected chi connectivity index (χ2v) is 5.56. The first-order valence-electron chi connectivity index (χ1n) is 7.55. The topological polar surface area (TPSA) is 92.6 Å². The van der Waals surface area contributed by atoms with Gasteiger partial charge in [-0.15, -0.1) is 0 Å². The predicted octanol–water partition coefficient (Wildman–Crippen LogP) is 3.32. The molecule has 0 aromatic heterocycles. The summed E-state index contributed by atoms with van der Waals surface area (Å²) in [5.74, 6) is -1.42. The van der Waals surface area contributed by atoms with Gasteiger partial charge in [-0.05, 0) is 24.3 Å². The number of anilines is 1. The maximum atomic E-state index is 12.9. The van der Waals surface area contributed by atoms with Crippen LogP contribution < -0.4 is 5.32 Å². The second-order valence-electron chi connectivity index (χ2n) is 5.56. The molecule has 0 bridgehead atoms. The molecule has 2 amide bonds. The summed E-state index contributed by atoms with van der Waals surface area (Å²) in [6, 6.07) is 9.22. The van der Waals surface area contributed by atoms with Crippen molar-refractivity contribution in [1.29, 1.82) is 0 Å². The van der Waals surface area contributed by atoms with E-state index in [0.29, 0.717) is 0 Å². The Kier molecular flexibility index (Phi) is 5.78. The van der Waals surface area contributed by atoms with Crippen LogP contribution in [0.5, 0.6) is 0 Å². The number of benzene rings is 2. The van der Waals surface area contributed by atoms with Gasteiger partial charge < -0.3 is 10.2 Å². The number of carbonyl (C=O) groups excluding carboxylic acids is 2. The van der Waals surface area contributed by atoms with Gasteiger partial charge in [0.1, 0.15) is 0 Å². The van der Waals surface area contributed by atoms with Gasteiger partial charge in [-0.25, -0.2) is 0 Å². The molecule has 0 saturated carbocycles. The molecule has 1 N–H and O–H groups in total. The Balaban J connectivity index is 2.05. The van der Waals surface area contributed by atoms with Crippen molar-refractivity contribution in [3.63, 3.8) is 0 Å². The Labute approximate surface area is 151 Å². The van der Waals surface area contributed by atoms with Gasteiger partial charge in [0.15, 0.2) is 0 Å². The standard InChI is InChI=1S/C17H14F3N3O4/c1-22(16(25)11-6-8-12(9-7-11)23(26)27)10-15(24)21-14-5-3-2-4-13(14)17(18,19)20/h2-9H,10H2,1H3,(H,21,24). The average molecular weight is 381 g/mol. The normalized spacial score (nSPS) is 11.0. The number of carbonyl (C=O) groups is 2. The number of non-ortho nitro benzene ring substituents is 1. The number of nitro groups is 1. The van der Waals surface area contributed by atoms with Crippen LogP contribution in [0.3, 0.4) is 0 Å². The maximum absolute atomic E-state index is 12.9. The highest BCUT2D eigenvalue weighted by Crippen LogP contribution is 2.34. The fourth-order valence-corrected chi connectivity index (χ4v) is 2.26. The molecule has 142 valence electrons. The lowest BCUT2D eigenvalue weighted by Gasteiger charge is -2.18. The molecule has 2 aromatic rings. The number of nitrogens with one attached hydrogen (secondary N) is 1. The fraction of sp³-hybridized carbons (Fsp3) is 0.176. The minimum atomic E-state index is -4.63. The summed E-state index contributed by atoms with van der Waals surface area (Å²) >= 11 is 0. The molecule has 0 aliphatic carbocycles. The highest BCUT2D eigenvalue weighted by atomic mass is 19.4. The first-order chi connectivity index (χ1) is 12.6. The van der Waals surface area contributed by atoms with E-state index in [1.165, 1.54) is 31.3 Å². The van der Waals surface area contributed by atoms with E-state index in [9.17, 15) is 32.9 Å². The Morgan fingerprint density at radius 3 is 2.26 bits per heavy atom. The van der Waals surface area contributed by atoms with Crippen LogP contribution in [-0.2, 0) is 11.0 Å². The van der Waals surface area contributed by atoms with E-state index < -0.39 is 40.7 Å². The molecule has 2 aromatic carbocycles. The Bertz CT molecular complexity index is 866. The highest BCUT2D eigenvalue weighted by molar-refractivity contribution is 5.99. The van der Waals surface area contributed by atoms with Crippen molar-refractivity contribution in [2.75, 3.05) is 18.9 Å². The van der Waals surface area contributed by atoms with Crippen molar-refractivity contribution in [1.82, 2.24) is 4.90 Å². The molecule has 0 fully saturated rings. The number of likely N-dealkylation sites (N-methyl/N-ethyl adjacent to an activating group) is 1. The zero-order valence-corrected chi connectivity index (χ0v) is 14.0. The van der Waals surface area contributed by atoms with Gasteiger partial charge >= 0.3 is 6.18 Å². The van der Waals surface area contributed by atoms with Gasteiger partial charge in [0, 0.05) is 24.7 Å². The monoisotopic (exact) mass is 381 g/mol. The van der Waals surface area contributed by atoms with Gasteiger partial charge in [-0.2, -0.15) is 13.2 Å². The third kappa shape index (κ3) is 5.03. The lowest BCUT2D eigenvalue weighted by molar-refractivity contribution is -0.384. The zero-order valence-electron chi connectivity index (χ0n) is 14.0. The van der Waals surface area contributed by atoms with Crippen LogP contribution in [0.4, 0.5) is 24.5 Å². The van der Waals surface area contributed by atoms with Crippen LogP contribution in [0, 0.1) is 10.1 Å². The fourth-order valence-electron chi connectivity index (χ4n) is 2.26. The SMILES string of the molecule is CN(CC(=O)Nc1ccccc1C(F)(F)F)C(=O)c1ccc([N+](=O)[O-])cc1. The molecule has 0 saturated heterocycles. The summed E-state index contributed by atoms with van der Waals surface area (Å²) < 4.78 is 38.8. The van der Waals surface area contributed by atoms with Crippen LogP contribution in [0.2, 0.25) is 0 Å². The molecule has 0 unspecified atom stereocenters. The van der Waals surface area contributed by atoms with Gasteiger partial charge in [0.2, 0.25) is 5.91 Å². The first-order valence-corrected chi connectivity index (χ1v) is 7.55. The lowest BCUT2D eigenvalue weighted by atomic mass is 10.1. The molecule has 10 heteroatoms. The van der Waals surface area contributed by atoms with Crippen LogP contribution in [0.15, 0.2) is 48.5 Å². The van der Waals surface area contributed by atoms with Gasteiger partial charge in [0.05, 0.1) is 22.7 Å². The molecule has 27 heavy (non-hydrogen) atoms. The maximum Gasteiger partial charge on any atom is 0.418 e. The van der Waals surface area contributed by atoms with Crippen molar-refractivity contribution >= 4 is 23.2 Å². The number of halogens is 3. The minimum Gasteiger partial charge on any atom is -0.332 e. The van der Waals surface area contributed by atoms with E-state index in [2.05, 4.69) is 5.32 Å². The summed E-state index contributed by atoms with van der Waals surface area (Å²) in [5, 5.41) is 12.7. The number of alkyl halides is 3. The van der Waals surface area contributed by atoms with Crippen LogP contribution in [0.1, 0.15) is 15.9 Å². The largest absolute Gasteiger partial charge is 0.418 e. The summed E-state index contributed by atoms with van der Waals surface area (Å²) in [6.45, 7) is -0.498. The molecule has 0 aliphatic rings. The molecule has 2 rings (SSSR count). The van der Waals surface area contributed by atoms with E-state index in [1.807, 2.05) is 0 Å². The van der Waals surface area contributed by atoms with E-state index in [-0.39, 0.29) is 11.3 Å². The second kappa shape index (κ2) is 7.85. The van der Waals surface area contributed by atoms with Crippen LogP contribution in [0.25, 0.3) is 0 Å². The van der Waals surface area contributed by atoms with Gasteiger partial charge in [0.25, 0.3) is 11.6 Å². The van der Waals surface area contributed by atoms with Gasteiger partial charge in [-0.1, -0.05) is 12.1 Å². The van der Waals surface area contributed by atoms with Crippen molar-refractivity contribution in [2.45, 2.75) is 6.18 Å². The smallest absolute Gasteiger partial charge is 0.332 e. The van der Waals surface area contributed by atoms with Crippen molar-refractivity contribution in [3.8, 4) is 0 Å². The number of para-hydroxylation sites is 1. The van der Waals surface area contributed by atoms with Crippen molar-refractivity contribution < 1.29 is 27.7 Å². The third-order valence-electron chi connectivity index (χ3n) is 3.56. The predicted molar refractivity (Wildman–Crippen MR) is 90.1 cm³/mol. The molecular formula is C17H14F3N3O4. The summed E-state index contributed by atoms with van der Waals surface area (Å²) in [5.41, 5.74) is -1.50. The molecule has 7 nitrogen and oxygen atoms in total. The summed E-state index contributed by atoms with van der Waals surface area (Å²) in [4.78, 5) is 35.2. The van der Waals surface area contributed by atoms with E-state index >= 15 is 0 Å². The summed E-state index contributed by atoms with van der Waals surface area (Å²) in [6.07, 6.45) is -4.63. The number of hydrogen-bond donors (Lipinski definition) is 1. The molecule has 0 radical (unpaired) electrons. The Morgan fingerprint density at radius 1 is 1.11 bits per heavy atom. The minimum absolute atomic E-state index is 0.103. The molecule has 0 heterocycles. The quantitative estimate of drug-likeness (QED) is 0.635. The zero-order chi connectivity index (χ0) is 20.2. The molecular weight excluding hydrogens is 367 g/mol. The Hall–Kier alpha value is -3.43. The molecule has 0 aliphatic heterocycles. The number of nitrogens with zero attached hydrogens (tertiary/aromatic N) is 2. The average Bonchev–Trinajstić information content (AvgIpc) is 2.60. The summed E-state index contributed by atoms with van der Waals surface area (Å²) in [7, 11) is 1.29.